The number of nitrogens with zero attached hydrogens (tertiary/aromatic N) is 3. The molecular weight excluding hydrogens is 318 g/mol. The first kappa shape index (κ1) is 18.0. The van der Waals surface area contributed by atoms with Crippen LogP contribution >= 0.6 is 0 Å². The van der Waals surface area contributed by atoms with Crippen molar-refractivity contribution in [2.24, 2.45) is 0 Å². The van der Waals surface area contributed by atoms with E-state index in [9.17, 15) is 4.79 Å². The third kappa shape index (κ3) is 5.36. The molecule has 25 heavy (non-hydrogen) atoms. The lowest BCUT2D eigenvalue weighted by molar-refractivity contribution is -0.125. The standard InChI is InChI=1S/C19H19N3O3/c1-22(14-16-4-3-10-21-13-16)19(23)8-6-15-5-7-17(25-11-9-20)18(12-15)24-2/h3-8,10,12-13H,11,14H2,1-2H3/b8-6+. The Kier molecular flexibility index (Phi) is 6.55. The Bertz CT molecular complexity index is 782. The van der Waals surface area contributed by atoms with Crippen molar-refractivity contribution in [1.29, 1.82) is 5.26 Å². The van der Waals surface area contributed by atoms with Gasteiger partial charge >= 0.3 is 0 Å². The Hall–Kier alpha value is -3.33. The first-order chi connectivity index (χ1) is 12.1. The molecule has 1 aromatic heterocycles. The van der Waals surface area contributed by atoms with Crippen LogP contribution in [0, 0.1) is 11.3 Å². The van der Waals surface area contributed by atoms with E-state index in [1.807, 2.05) is 18.2 Å². The number of amides is 1. The largest absolute Gasteiger partial charge is 0.493 e. The Labute approximate surface area is 146 Å². The van der Waals surface area contributed by atoms with Crippen molar-refractivity contribution in [3.05, 3.63) is 59.9 Å². The molecule has 0 spiro atoms. The molecule has 2 rings (SSSR count). The SMILES string of the molecule is COc1cc(/C=C/C(=O)N(C)Cc2cccnc2)ccc1OCC#N. The first-order valence-corrected chi connectivity index (χ1v) is 7.64. The van der Waals surface area contributed by atoms with Crippen molar-refractivity contribution >= 4 is 12.0 Å². The second kappa shape index (κ2) is 9.08. The summed E-state index contributed by atoms with van der Waals surface area (Å²) < 4.78 is 10.5. The number of rotatable bonds is 7. The maximum absolute atomic E-state index is 12.2. The Morgan fingerprint density at radius 1 is 1.36 bits per heavy atom. The molecule has 0 atom stereocenters. The van der Waals surface area contributed by atoms with Crippen molar-refractivity contribution in [2.45, 2.75) is 6.54 Å². The number of hydrogen-bond acceptors (Lipinski definition) is 5. The number of carbonyl (C=O) groups excluding carboxylic acids is 1. The summed E-state index contributed by atoms with van der Waals surface area (Å²) in [5, 5.41) is 8.58. The average molecular weight is 337 g/mol. The lowest BCUT2D eigenvalue weighted by Crippen LogP contribution is -2.24. The fourth-order valence-electron chi connectivity index (χ4n) is 2.16. The summed E-state index contributed by atoms with van der Waals surface area (Å²) in [6.07, 6.45) is 6.64. The van der Waals surface area contributed by atoms with Gasteiger partial charge < -0.3 is 14.4 Å². The van der Waals surface area contributed by atoms with Gasteiger partial charge in [-0.25, -0.2) is 0 Å². The molecule has 128 valence electrons. The quantitative estimate of drug-likeness (QED) is 0.726. The predicted octanol–water partition coefficient (Wildman–Crippen LogP) is 2.66. The number of methoxy groups -OCH3 is 1. The summed E-state index contributed by atoms with van der Waals surface area (Å²) >= 11 is 0. The van der Waals surface area contributed by atoms with Crippen LogP contribution in [-0.4, -0.2) is 36.6 Å². The third-order valence-electron chi connectivity index (χ3n) is 3.42. The van der Waals surface area contributed by atoms with Crippen molar-refractivity contribution < 1.29 is 14.3 Å². The second-order valence-corrected chi connectivity index (χ2v) is 5.25. The van der Waals surface area contributed by atoms with Gasteiger partial charge in [0, 0.05) is 32.1 Å². The van der Waals surface area contributed by atoms with E-state index >= 15 is 0 Å². The molecule has 0 aliphatic heterocycles. The number of benzene rings is 1. The minimum absolute atomic E-state index is 0.0524. The summed E-state index contributed by atoms with van der Waals surface area (Å²) in [6, 6.07) is 10.9. The number of pyridine rings is 1. The fourth-order valence-corrected chi connectivity index (χ4v) is 2.16. The molecule has 0 bridgehead atoms. The van der Waals surface area contributed by atoms with Crippen LogP contribution in [-0.2, 0) is 11.3 Å². The summed E-state index contributed by atoms with van der Waals surface area (Å²) in [5.41, 5.74) is 1.76. The third-order valence-corrected chi connectivity index (χ3v) is 3.42. The maximum Gasteiger partial charge on any atom is 0.246 e. The lowest BCUT2D eigenvalue weighted by atomic mass is 10.2. The highest BCUT2D eigenvalue weighted by Crippen LogP contribution is 2.28. The summed E-state index contributed by atoms with van der Waals surface area (Å²) in [4.78, 5) is 17.9. The molecule has 1 aromatic carbocycles. The molecule has 0 aliphatic rings. The monoisotopic (exact) mass is 337 g/mol. The smallest absolute Gasteiger partial charge is 0.246 e. The molecular formula is C19H19N3O3. The summed E-state index contributed by atoms with van der Waals surface area (Å²) in [7, 11) is 3.26. The van der Waals surface area contributed by atoms with Gasteiger partial charge in [-0.05, 0) is 35.4 Å². The van der Waals surface area contributed by atoms with Gasteiger partial charge in [0.25, 0.3) is 0 Å². The average Bonchev–Trinajstić information content (AvgIpc) is 2.65. The number of likely N-dealkylation sites (N-methyl/N-ethyl adjacent to an activating group) is 1. The molecule has 0 saturated carbocycles. The number of aromatic nitrogens is 1. The van der Waals surface area contributed by atoms with E-state index in [0.717, 1.165) is 11.1 Å². The molecule has 6 nitrogen and oxygen atoms in total. The predicted molar refractivity (Wildman–Crippen MR) is 93.8 cm³/mol. The molecule has 2 aromatic rings. The minimum atomic E-state index is -0.118. The normalized spacial score (nSPS) is 10.3. The Morgan fingerprint density at radius 3 is 2.88 bits per heavy atom. The Balaban J connectivity index is 2.02. The van der Waals surface area contributed by atoms with Gasteiger partial charge in [0.1, 0.15) is 6.07 Å². The molecule has 0 radical (unpaired) electrons. The van der Waals surface area contributed by atoms with Crippen molar-refractivity contribution in [1.82, 2.24) is 9.88 Å². The van der Waals surface area contributed by atoms with E-state index in [4.69, 9.17) is 14.7 Å². The lowest BCUT2D eigenvalue weighted by Gasteiger charge is -2.14. The molecule has 0 saturated heterocycles. The van der Waals surface area contributed by atoms with Crippen molar-refractivity contribution in [3.63, 3.8) is 0 Å². The fraction of sp³-hybridized carbons (Fsp3) is 0.211. The van der Waals surface area contributed by atoms with Gasteiger partial charge in [0.15, 0.2) is 18.1 Å². The van der Waals surface area contributed by atoms with Crippen LogP contribution in [0.4, 0.5) is 0 Å². The second-order valence-electron chi connectivity index (χ2n) is 5.25. The maximum atomic E-state index is 12.2. The van der Waals surface area contributed by atoms with E-state index in [0.29, 0.717) is 18.0 Å². The van der Waals surface area contributed by atoms with E-state index in [1.165, 1.54) is 13.2 Å². The summed E-state index contributed by atoms with van der Waals surface area (Å²) in [5.74, 6) is 0.877. The van der Waals surface area contributed by atoms with E-state index in [1.54, 1.807) is 48.6 Å². The molecule has 0 N–H and O–H groups in total. The van der Waals surface area contributed by atoms with Gasteiger partial charge in [0.2, 0.25) is 5.91 Å². The van der Waals surface area contributed by atoms with Crippen LogP contribution in [0.5, 0.6) is 11.5 Å². The topological polar surface area (TPSA) is 75.4 Å². The molecule has 6 heteroatoms. The van der Waals surface area contributed by atoms with Crippen LogP contribution in [0.1, 0.15) is 11.1 Å². The highest BCUT2D eigenvalue weighted by Gasteiger charge is 2.07. The number of hydrogen-bond donors (Lipinski definition) is 0. The highest BCUT2D eigenvalue weighted by atomic mass is 16.5. The van der Waals surface area contributed by atoms with Gasteiger partial charge in [-0.1, -0.05) is 12.1 Å². The van der Waals surface area contributed by atoms with Crippen LogP contribution in [0.25, 0.3) is 6.08 Å². The van der Waals surface area contributed by atoms with Crippen LogP contribution < -0.4 is 9.47 Å². The molecule has 1 amide bonds. The van der Waals surface area contributed by atoms with Crippen molar-refractivity contribution in [3.8, 4) is 17.6 Å². The van der Waals surface area contributed by atoms with Crippen LogP contribution in [0.2, 0.25) is 0 Å². The molecule has 0 fully saturated rings. The minimum Gasteiger partial charge on any atom is -0.493 e. The van der Waals surface area contributed by atoms with Gasteiger partial charge in [0.05, 0.1) is 7.11 Å². The molecule has 0 unspecified atom stereocenters. The van der Waals surface area contributed by atoms with E-state index in [-0.39, 0.29) is 12.5 Å². The van der Waals surface area contributed by atoms with Gasteiger partial charge in [-0.3, -0.25) is 9.78 Å². The zero-order chi connectivity index (χ0) is 18.1. The van der Waals surface area contributed by atoms with Gasteiger partial charge in [-0.15, -0.1) is 0 Å². The zero-order valence-electron chi connectivity index (χ0n) is 14.2. The molecule has 1 heterocycles. The number of nitriles is 1. The first-order valence-electron chi connectivity index (χ1n) is 7.64. The summed E-state index contributed by atoms with van der Waals surface area (Å²) in [6.45, 7) is 0.435. The number of ether oxygens (including phenoxy) is 2. The van der Waals surface area contributed by atoms with Crippen molar-refractivity contribution in [2.75, 3.05) is 20.8 Å². The number of carbonyl (C=O) groups is 1. The highest BCUT2D eigenvalue weighted by molar-refractivity contribution is 5.91. The molecule has 0 aliphatic carbocycles. The van der Waals surface area contributed by atoms with Gasteiger partial charge in [-0.2, -0.15) is 5.26 Å². The van der Waals surface area contributed by atoms with E-state index in [2.05, 4.69) is 4.98 Å². The Morgan fingerprint density at radius 2 is 2.20 bits per heavy atom. The van der Waals surface area contributed by atoms with E-state index < -0.39 is 0 Å². The van der Waals surface area contributed by atoms with Crippen LogP contribution in [0.3, 0.4) is 0 Å². The van der Waals surface area contributed by atoms with Crippen LogP contribution in [0.15, 0.2) is 48.8 Å². The zero-order valence-corrected chi connectivity index (χ0v) is 14.2.